The fourth-order valence-electron chi connectivity index (χ4n) is 8.07. The zero-order valence-corrected chi connectivity index (χ0v) is 33.8. The molecule has 12 N–H and O–H groups in total. The number of halogens is 1. The number of benzene rings is 3. The lowest BCUT2D eigenvalue weighted by atomic mass is 9.70. The second-order valence-corrected chi connectivity index (χ2v) is 16.6. The summed E-state index contributed by atoms with van der Waals surface area (Å²) < 4.78 is 35.6. The van der Waals surface area contributed by atoms with Crippen molar-refractivity contribution in [2.75, 3.05) is 19.8 Å². The van der Waals surface area contributed by atoms with Gasteiger partial charge in [-0.1, -0.05) is 107 Å². The highest BCUT2D eigenvalue weighted by Crippen LogP contribution is 2.60. The van der Waals surface area contributed by atoms with E-state index in [1.807, 2.05) is 0 Å². The molecule has 0 aliphatic carbocycles. The number of rotatable bonds is 16. The van der Waals surface area contributed by atoms with Crippen LogP contribution in [0.2, 0.25) is 0 Å². The van der Waals surface area contributed by atoms with Crippen molar-refractivity contribution < 1.29 is 89.7 Å². The van der Waals surface area contributed by atoms with Crippen LogP contribution in [0.3, 0.4) is 0 Å². The summed E-state index contributed by atoms with van der Waals surface area (Å²) in [6.07, 6.45) is -26.3. The Labute approximate surface area is 353 Å². The Balaban J connectivity index is 1.68. The van der Waals surface area contributed by atoms with Gasteiger partial charge in [0.1, 0.15) is 77.6 Å². The molecule has 0 saturated carbocycles. The number of aliphatic hydroxyl groups is 12. The summed E-state index contributed by atoms with van der Waals surface area (Å²) in [7, 11) is 0. The first-order valence-electron chi connectivity index (χ1n) is 19.3. The third-order valence-corrected chi connectivity index (χ3v) is 12.8. The highest BCUT2D eigenvalue weighted by atomic mass is 79.9. The van der Waals surface area contributed by atoms with E-state index in [-0.39, 0.29) is 0 Å². The molecule has 3 heterocycles. The second-order valence-electron chi connectivity index (χ2n) is 15.2. The molecule has 0 aromatic heterocycles. The third-order valence-electron chi connectivity index (χ3n) is 11.4. The quantitative estimate of drug-likeness (QED) is 0.0671. The van der Waals surface area contributed by atoms with E-state index in [0.717, 1.165) is 0 Å². The molecule has 3 unspecified atom stereocenters. The standard InChI is InChI=1S/C41H53BrO18/c42-39(40(56-20-24-12-6-2-7-13-24)36(53)33(50)30(47)27(17-44)59-40,41(57-21-25-14-8-3-9-15-25)37(54)34(51)31(48)28(18-45)60-41)22-38(55-19-23-10-4-1-5-11-23)35(52)32(49)29(46)26(16-43)58-38/h1-15,26-37,43-54H,16-22H2/t26-,27+,28+,29-,30+,31+,32+,33-,34-,35+,36-,37-,38?,39?,40?,41?/m1/s1. The average molecular weight is 914 g/mol. The molecule has 19 heteroatoms. The number of aliphatic hydroxyl groups excluding tert-OH is 12. The average Bonchev–Trinajstić information content (AvgIpc) is 3.28. The predicted molar refractivity (Wildman–Crippen MR) is 208 cm³/mol. The van der Waals surface area contributed by atoms with Gasteiger partial charge in [-0.05, 0) is 16.7 Å². The Morgan fingerprint density at radius 1 is 0.450 bits per heavy atom. The molecule has 3 aliphatic rings. The molecule has 18 nitrogen and oxygen atoms in total. The zero-order chi connectivity index (χ0) is 43.5. The first kappa shape index (κ1) is 46.9. The summed E-state index contributed by atoms with van der Waals surface area (Å²) in [6.45, 7) is -4.49. The van der Waals surface area contributed by atoms with Gasteiger partial charge in [-0.25, -0.2) is 0 Å². The molecule has 6 rings (SSSR count). The van der Waals surface area contributed by atoms with E-state index in [2.05, 4.69) is 15.9 Å². The van der Waals surface area contributed by atoms with Crippen LogP contribution >= 0.6 is 15.9 Å². The van der Waals surface area contributed by atoms with E-state index >= 15 is 0 Å². The van der Waals surface area contributed by atoms with Crippen LogP contribution in [-0.2, 0) is 48.2 Å². The Bertz CT molecular complexity index is 1700. The molecule has 3 aromatic rings. The molecule has 3 saturated heterocycles. The van der Waals surface area contributed by atoms with Crippen LogP contribution in [0.5, 0.6) is 0 Å². The lowest BCUT2D eigenvalue weighted by molar-refractivity contribution is -0.456. The van der Waals surface area contributed by atoms with E-state index in [0.29, 0.717) is 16.7 Å². The molecule has 0 bridgehead atoms. The first-order chi connectivity index (χ1) is 28.6. The molecule has 0 radical (unpaired) electrons. The van der Waals surface area contributed by atoms with Gasteiger partial charge in [-0.15, -0.1) is 0 Å². The molecule has 15 atom stereocenters. The van der Waals surface area contributed by atoms with E-state index in [1.165, 1.54) is 0 Å². The Morgan fingerprint density at radius 3 is 1.12 bits per heavy atom. The smallest absolute Gasteiger partial charge is 0.219 e. The van der Waals surface area contributed by atoms with E-state index in [9.17, 15) is 61.3 Å². The van der Waals surface area contributed by atoms with Crippen LogP contribution in [0.25, 0.3) is 0 Å². The van der Waals surface area contributed by atoms with Crippen molar-refractivity contribution in [2.45, 2.75) is 121 Å². The highest BCUT2D eigenvalue weighted by molar-refractivity contribution is 9.10. The fourth-order valence-corrected chi connectivity index (χ4v) is 9.34. The van der Waals surface area contributed by atoms with Gasteiger partial charge in [0, 0.05) is 6.42 Å². The van der Waals surface area contributed by atoms with Crippen molar-refractivity contribution in [3.8, 4) is 0 Å². The lowest BCUT2D eigenvalue weighted by Crippen LogP contribution is -2.84. The summed E-state index contributed by atoms with van der Waals surface area (Å²) in [6, 6.07) is 24.8. The van der Waals surface area contributed by atoms with Gasteiger partial charge in [0.15, 0.2) is 5.79 Å². The van der Waals surface area contributed by atoms with Crippen molar-refractivity contribution in [3.05, 3.63) is 108 Å². The topological polar surface area (TPSA) is 298 Å². The van der Waals surface area contributed by atoms with Crippen molar-refractivity contribution in [3.63, 3.8) is 0 Å². The predicted octanol–water partition coefficient (Wildman–Crippen LogP) is -2.33. The minimum absolute atomic E-state index is 0.416. The van der Waals surface area contributed by atoms with Gasteiger partial charge in [-0.2, -0.15) is 0 Å². The minimum Gasteiger partial charge on any atom is -0.394 e. The zero-order valence-electron chi connectivity index (χ0n) is 32.2. The van der Waals surface area contributed by atoms with Crippen LogP contribution < -0.4 is 0 Å². The van der Waals surface area contributed by atoms with Gasteiger partial charge in [0.2, 0.25) is 11.6 Å². The van der Waals surface area contributed by atoms with Crippen LogP contribution in [0.15, 0.2) is 91.0 Å². The fraction of sp³-hybridized carbons (Fsp3) is 0.561. The number of ether oxygens (including phenoxy) is 6. The maximum absolute atomic E-state index is 12.4. The highest BCUT2D eigenvalue weighted by Gasteiger charge is 2.79. The van der Waals surface area contributed by atoms with Gasteiger partial charge < -0.3 is 89.7 Å². The molecule has 3 fully saturated rings. The van der Waals surface area contributed by atoms with Crippen molar-refractivity contribution in [1.82, 2.24) is 0 Å². The molecule has 3 aromatic carbocycles. The van der Waals surface area contributed by atoms with E-state index in [1.54, 1.807) is 91.0 Å². The molecule has 0 spiro atoms. The van der Waals surface area contributed by atoms with Gasteiger partial charge >= 0.3 is 0 Å². The van der Waals surface area contributed by atoms with Crippen LogP contribution in [-0.4, -0.2) is 176 Å². The van der Waals surface area contributed by atoms with Gasteiger partial charge in [-0.3, -0.25) is 0 Å². The minimum atomic E-state index is -3.05. The maximum atomic E-state index is 12.4. The van der Waals surface area contributed by atoms with Crippen molar-refractivity contribution >= 4 is 15.9 Å². The normalized spacial score (nSPS) is 39.5. The third kappa shape index (κ3) is 8.57. The largest absolute Gasteiger partial charge is 0.394 e. The summed E-state index contributed by atoms with van der Waals surface area (Å²) in [5.74, 6) is -8.83. The van der Waals surface area contributed by atoms with Crippen molar-refractivity contribution in [1.29, 1.82) is 0 Å². The summed E-state index contributed by atoms with van der Waals surface area (Å²) in [4.78, 5) is 0. The van der Waals surface area contributed by atoms with Crippen LogP contribution in [0.4, 0.5) is 0 Å². The van der Waals surface area contributed by atoms with Crippen LogP contribution in [0.1, 0.15) is 23.1 Å². The van der Waals surface area contributed by atoms with E-state index in [4.69, 9.17) is 28.4 Å². The number of alkyl halides is 1. The Morgan fingerprint density at radius 2 is 0.767 bits per heavy atom. The Kier molecular flexibility index (Phi) is 15.2. The van der Waals surface area contributed by atoms with Gasteiger partial charge in [0.25, 0.3) is 0 Å². The van der Waals surface area contributed by atoms with Crippen molar-refractivity contribution in [2.24, 2.45) is 0 Å². The molecule has 0 amide bonds. The summed E-state index contributed by atoms with van der Waals surface area (Å²) in [5.41, 5.74) is 1.30. The first-order valence-corrected chi connectivity index (χ1v) is 20.1. The summed E-state index contributed by atoms with van der Waals surface area (Å²) in [5, 5.41) is 136. The molecule has 3 aliphatic heterocycles. The second kappa shape index (κ2) is 19.4. The van der Waals surface area contributed by atoms with Gasteiger partial charge in [0.05, 0.1) is 39.6 Å². The number of hydrogen-bond donors (Lipinski definition) is 12. The van der Waals surface area contributed by atoms with Crippen LogP contribution in [0, 0.1) is 0 Å². The summed E-state index contributed by atoms with van der Waals surface area (Å²) >= 11 is 3.61. The lowest BCUT2D eigenvalue weighted by Gasteiger charge is -2.64. The monoisotopic (exact) mass is 912 g/mol. The maximum Gasteiger partial charge on any atom is 0.219 e. The molecule has 60 heavy (non-hydrogen) atoms. The number of hydrogen-bond acceptors (Lipinski definition) is 18. The van der Waals surface area contributed by atoms with E-state index < -0.39 is 141 Å². The molecular formula is C41H53BrO18. The molecule has 332 valence electrons. The Hall–Kier alpha value is -2.58. The molecular weight excluding hydrogens is 860 g/mol. The SMILES string of the molecule is OC[C@@H]1OC(OCc2ccccc2)(C(Br)(CC2(OCc3ccccc3)O[C@H](CO)[C@@H](O)[C@H](O)[C@@H]2O)C2(OCc3ccccc3)O[C@@H](CO)[C@H](O)[C@@H](O)[C@H]2O)[C@H](O)[C@H](O)[C@H]1O.